The number of quaternary nitrogens is 1. The lowest BCUT2D eigenvalue weighted by Gasteiger charge is -2.22. The van der Waals surface area contributed by atoms with Crippen LogP contribution in [0.1, 0.15) is 40.0 Å². The number of carbonyl (C=O) groups is 1. The van der Waals surface area contributed by atoms with Gasteiger partial charge in [0, 0.05) is 30.4 Å². The highest BCUT2D eigenvalue weighted by Crippen LogP contribution is 2.25. The van der Waals surface area contributed by atoms with Gasteiger partial charge in [-0.2, -0.15) is 4.98 Å². The quantitative estimate of drug-likeness (QED) is 0.346. The van der Waals surface area contributed by atoms with E-state index in [2.05, 4.69) is 10.3 Å². The van der Waals surface area contributed by atoms with E-state index in [1.807, 2.05) is 31.5 Å². The Bertz CT molecular complexity index is 796. The van der Waals surface area contributed by atoms with Crippen LogP contribution in [-0.2, 0) is 20.8 Å². The van der Waals surface area contributed by atoms with Crippen molar-refractivity contribution >= 4 is 52.4 Å². The summed E-state index contributed by atoms with van der Waals surface area (Å²) in [7, 11) is 0. The zero-order chi connectivity index (χ0) is 23.8. The Morgan fingerprint density at radius 3 is 2.78 bits per heavy atom. The highest BCUT2D eigenvalue weighted by atomic mass is 35.6. The Kier molecular flexibility index (Phi) is 10.3. The monoisotopic (exact) mass is 510 g/mol. The van der Waals surface area contributed by atoms with Crippen LogP contribution in [0.2, 0.25) is 0 Å². The predicted octanol–water partition coefficient (Wildman–Crippen LogP) is 3.62. The minimum atomic E-state index is -1.72. The number of rotatable bonds is 9. The standard InChI is InChI=1S/C20H30Cl3N5O4/c1-19(2,3)14(24)10-15(27-18(29)32-12-20(21,22)23)26-16-11-28(13-25-16)7-9-31-17-6-4-5-8-30-17/h10-11,13,17,24,26H,4-9,12H2,1-3H3,(H,27,29)/p+1. The number of ether oxygens (including phenoxy) is 3. The van der Waals surface area contributed by atoms with E-state index in [1.165, 1.54) is 0 Å². The number of alkyl halides is 3. The van der Waals surface area contributed by atoms with Crippen molar-refractivity contribution in [1.29, 1.82) is 5.41 Å². The number of hydrogen-bond donors (Lipinski definition) is 3. The van der Waals surface area contributed by atoms with Crippen molar-refractivity contribution in [3.8, 4) is 0 Å². The van der Waals surface area contributed by atoms with Gasteiger partial charge < -0.3 is 24.2 Å². The Hall–Kier alpha value is -1.36. The van der Waals surface area contributed by atoms with Crippen LogP contribution in [0.25, 0.3) is 0 Å². The molecule has 1 fully saturated rings. The molecule has 1 saturated heterocycles. The zero-order valence-electron chi connectivity index (χ0n) is 18.5. The van der Waals surface area contributed by atoms with Crippen LogP contribution in [0, 0.1) is 10.8 Å². The van der Waals surface area contributed by atoms with Gasteiger partial charge in [0.2, 0.25) is 15.4 Å². The predicted molar refractivity (Wildman–Crippen MR) is 123 cm³/mol. The fourth-order valence-electron chi connectivity index (χ4n) is 2.65. The molecule has 0 spiro atoms. The van der Waals surface area contributed by atoms with Gasteiger partial charge in [-0.25, -0.2) is 15.4 Å². The molecule has 1 atom stereocenters. The molecule has 2 rings (SSSR count). The van der Waals surface area contributed by atoms with Gasteiger partial charge in [-0.3, -0.25) is 0 Å². The minimum Gasteiger partial charge on any atom is -0.445 e. The van der Waals surface area contributed by atoms with Gasteiger partial charge in [0.15, 0.2) is 6.29 Å². The molecule has 32 heavy (non-hydrogen) atoms. The number of aromatic nitrogens is 2. The van der Waals surface area contributed by atoms with Crippen molar-refractivity contribution in [2.75, 3.05) is 19.8 Å². The van der Waals surface area contributed by atoms with Gasteiger partial charge in [-0.05, 0) is 19.3 Å². The van der Waals surface area contributed by atoms with Crippen LogP contribution in [0.5, 0.6) is 0 Å². The summed E-state index contributed by atoms with van der Waals surface area (Å²) >= 11 is 16.9. The molecule has 1 amide bonds. The van der Waals surface area contributed by atoms with Crippen LogP contribution < -0.4 is 10.6 Å². The normalized spacial score (nSPS) is 17.8. The average Bonchev–Trinajstić information content (AvgIpc) is 3.13. The fraction of sp³-hybridized carbons (Fsp3) is 0.650. The van der Waals surface area contributed by atoms with E-state index in [9.17, 15) is 4.79 Å². The van der Waals surface area contributed by atoms with E-state index >= 15 is 0 Å². The summed E-state index contributed by atoms with van der Waals surface area (Å²) in [5.74, 6) is 0.921. The summed E-state index contributed by atoms with van der Waals surface area (Å²) < 4.78 is 16.4. The number of nitrogens with two attached hydrogens (primary N) is 1. The molecule has 1 aromatic heterocycles. The van der Waals surface area contributed by atoms with Gasteiger partial charge in [0.25, 0.3) is 0 Å². The van der Waals surface area contributed by atoms with E-state index in [0.29, 0.717) is 30.5 Å². The molecule has 180 valence electrons. The number of imidazole rings is 1. The summed E-state index contributed by atoms with van der Waals surface area (Å²) in [4.78, 5) is 16.5. The third kappa shape index (κ3) is 10.5. The first-order valence-electron chi connectivity index (χ1n) is 10.3. The maximum Gasteiger partial charge on any atom is 0.415 e. The molecule has 0 saturated carbocycles. The highest BCUT2D eigenvalue weighted by molar-refractivity contribution is 6.67. The summed E-state index contributed by atoms with van der Waals surface area (Å²) in [6.07, 6.45) is 7.19. The van der Waals surface area contributed by atoms with Crippen LogP contribution in [0.3, 0.4) is 0 Å². The number of halogens is 3. The third-order valence-electron chi connectivity index (χ3n) is 4.47. The van der Waals surface area contributed by atoms with Crippen molar-refractivity contribution in [1.82, 2.24) is 14.9 Å². The largest absolute Gasteiger partial charge is 0.445 e. The zero-order valence-corrected chi connectivity index (χ0v) is 20.8. The molecular formula is C20H31Cl3N5O4+. The molecule has 1 aromatic rings. The van der Waals surface area contributed by atoms with Crippen LogP contribution in [0.15, 0.2) is 24.4 Å². The van der Waals surface area contributed by atoms with Gasteiger partial charge >= 0.3 is 6.09 Å². The van der Waals surface area contributed by atoms with E-state index in [4.69, 9.17) is 54.4 Å². The Labute approximate surface area is 203 Å². The Morgan fingerprint density at radius 2 is 2.16 bits per heavy atom. The van der Waals surface area contributed by atoms with Crippen molar-refractivity contribution in [3.63, 3.8) is 0 Å². The first-order valence-corrected chi connectivity index (χ1v) is 11.5. The molecule has 2 heterocycles. The maximum atomic E-state index is 12.1. The number of nitrogens with one attached hydrogen (secondary N) is 2. The molecule has 9 nitrogen and oxygen atoms in total. The van der Waals surface area contributed by atoms with E-state index in [-0.39, 0.29) is 6.29 Å². The second-order valence-corrected chi connectivity index (χ2v) is 10.9. The molecular weight excluding hydrogens is 481 g/mol. The van der Waals surface area contributed by atoms with E-state index < -0.39 is 21.9 Å². The Balaban J connectivity index is 1.96. The van der Waals surface area contributed by atoms with Crippen molar-refractivity contribution in [2.45, 2.75) is 56.7 Å². The number of carbonyl (C=O) groups excluding carboxylic acids is 1. The number of nitrogens with zero attached hydrogens (tertiary/aromatic N) is 2. The number of alkyl carbamates (subject to hydrolysis) is 1. The van der Waals surface area contributed by atoms with Crippen molar-refractivity contribution in [3.05, 3.63) is 24.4 Å². The molecule has 1 aliphatic heterocycles. The molecule has 12 heteroatoms. The lowest BCUT2D eigenvalue weighted by atomic mass is 9.90. The van der Waals surface area contributed by atoms with Gasteiger partial charge in [-0.1, -0.05) is 55.6 Å². The van der Waals surface area contributed by atoms with Crippen LogP contribution >= 0.6 is 34.8 Å². The lowest BCUT2D eigenvalue weighted by Crippen LogP contribution is -2.79. The molecule has 0 radical (unpaired) electrons. The fourth-order valence-corrected chi connectivity index (χ4v) is 2.82. The van der Waals surface area contributed by atoms with Crippen molar-refractivity contribution < 1.29 is 24.3 Å². The van der Waals surface area contributed by atoms with Gasteiger partial charge in [0.05, 0.1) is 12.8 Å². The summed E-state index contributed by atoms with van der Waals surface area (Å²) in [5.41, 5.74) is -0.106. The highest BCUT2D eigenvalue weighted by Gasteiger charge is 2.24. The molecule has 1 unspecified atom stereocenters. The Morgan fingerprint density at radius 1 is 1.41 bits per heavy atom. The lowest BCUT2D eigenvalue weighted by molar-refractivity contribution is -0.526. The number of allylic oxidation sites excluding steroid dienone is 1. The first kappa shape index (κ1) is 26.9. The molecule has 4 N–H and O–H groups in total. The van der Waals surface area contributed by atoms with Crippen molar-refractivity contribution in [2.24, 2.45) is 5.41 Å². The number of hydrogen-bond acceptors (Lipinski definition) is 6. The molecule has 0 aliphatic carbocycles. The van der Waals surface area contributed by atoms with E-state index in [1.54, 1.807) is 17.7 Å². The average molecular weight is 512 g/mol. The van der Waals surface area contributed by atoms with Crippen LogP contribution in [0.4, 0.5) is 10.6 Å². The first-order chi connectivity index (χ1) is 14.9. The second-order valence-electron chi connectivity index (χ2n) is 8.43. The summed E-state index contributed by atoms with van der Waals surface area (Å²) in [5, 5.41) is 12.5. The summed E-state index contributed by atoms with van der Waals surface area (Å²) in [6.45, 7) is 7.13. The topological polar surface area (TPSA) is 115 Å². The molecule has 0 bridgehead atoms. The summed E-state index contributed by atoms with van der Waals surface area (Å²) in [6, 6.07) is 0. The maximum absolute atomic E-state index is 12.1. The van der Waals surface area contributed by atoms with Crippen LogP contribution in [-0.4, -0.2) is 51.3 Å². The number of amides is 1. The molecule has 0 aromatic carbocycles. The van der Waals surface area contributed by atoms with Gasteiger partial charge in [0.1, 0.15) is 12.9 Å². The minimum absolute atomic E-state index is 0.140. The smallest absolute Gasteiger partial charge is 0.415 e. The van der Waals surface area contributed by atoms with Gasteiger partial charge in [-0.15, -0.1) is 0 Å². The third-order valence-corrected chi connectivity index (χ3v) is 4.80. The SMILES string of the molecule is CC(C)(C)C(=N)C=C(NC(=O)OCC(Cl)(Cl)Cl)[NH2+]c1cn(CCOC2CCCCO2)cn1. The second kappa shape index (κ2) is 12.2. The van der Waals surface area contributed by atoms with E-state index in [0.717, 1.165) is 25.9 Å². The molecule has 1 aliphatic rings.